The molecule has 0 heterocycles. The molecule has 0 spiro atoms. The van der Waals surface area contributed by atoms with Crippen LogP contribution in [0.4, 0.5) is 4.39 Å². The molecule has 0 saturated heterocycles. The standard InChI is InChI=1S/C18H12BrFO/c1-11-6-8-15(14-5-3-2-4-13(11)14)18(21)16-10-12(20)7-9-17(16)19/h2-10H,1H3. The molecule has 0 atom stereocenters. The summed E-state index contributed by atoms with van der Waals surface area (Å²) < 4.78 is 14.0. The van der Waals surface area contributed by atoms with Crippen LogP contribution in [0.5, 0.6) is 0 Å². The van der Waals surface area contributed by atoms with E-state index in [0.717, 1.165) is 16.3 Å². The van der Waals surface area contributed by atoms with Crippen LogP contribution >= 0.6 is 15.9 Å². The smallest absolute Gasteiger partial charge is 0.194 e. The zero-order valence-electron chi connectivity index (χ0n) is 11.4. The van der Waals surface area contributed by atoms with Crippen molar-refractivity contribution in [2.75, 3.05) is 0 Å². The van der Waals surface area contributed by atoms with Gasteiger partial charge in [-0.1, -0.05) is 52.3 Å². The van der Waals surface area contributed by atoms with Gasteiger partial charge in [-0.25, -0.2) is 4.39 Å². The van der Waals surface area contributed by atoms with Crippen LogP contribution in [0.2, 0.25) is 0 Å². The van der Waals surface area contributed by atoms with E-state index < -0.39 is 5.82 Å². The van der Waals surface area contributed by atoms with E-state index in [1.54, 1.807) is 12.1 Å². The lowest BCUT2D eigenvalue weighted by atomic mass is 9.95. The lowest BCUT2D eigenvalue weighted by Gasteiger charge is -2.09. The molecule has 104 valence electrons. The summed E-state index contributed by atoms with van der Waals surface area (Å²) in [7, 11) is 0. The first-order valence-electron chi connectivity index (χ1n) is 6.56. The molecule has 0 unspecified atom stereocenters. The van der Waals surface area contributed by atoms with Crippen molar-refractivity contribution in [2.45, 2.75) is 6.92 Å². The van der Waals surface area contributed by atoms with E-state index in [4.69, 9.17) is 0 Å². The van der Waals surface area contributed by atoms with Crippen LogP contribution < -0.4 is 0 Å². The van der Waals surface area contributed by atoms with Crippen molar-refractivity contribution < 1.29 is 9.18 Å². The Kier molecular flexibility index (Phi) is 3.60. The van der Waals surface area contributed by atoms with Gasteiger partial charge in [-0.15, -0.1) is 0 Å². The Morgan fingerprint density at radius 2 is 1.67 bits per heavy atom. The Morgan fingerprint density at radius 1 is 0.952 bits per heavy atom. The predicted octanol–water partition coefficient (Wildman–Crippen LogP) is 5.28. The van der Waals surface area contributed by atoms with Crippen LogP contribution in [0.25, 0.3) is 10.8 Å². The Labute approximate surface area is 130 Å². The first-order valence-corrected chi connectivity index (χ1v) is 7.35. The fourth-order valence-electron chi connectivity index (χ4n) is 2.46. The molecular weight excluding hydrogens is 331 g/mol. The maximum atomic E-state index is 13.4. The summed E-state index contributed by atoms with van der Waals surface area (Å²) in [4.78, 5) is 12.7. The second-order valence-electron chi connectivity index (χ2n) is 4.93. The van der Waals surface area contributed by atoms with Crippen molar-refractivity contribution in [3.05, 3.63) is 81.6 Å². The SMILES string of the molecule is Cc1ccc(C(=O)c2cc(F)ccc2Br)c2ccccc12. The van der Waals surface area contributed by atoms with Crippen molar-refractivity contribution in [1.82, 2.24) is 0 Å². The van der Waals surface area contributed by atoms with Gasteiger partial charge in [0.25, 0.3) is 0 Å². The first-order chi connectivity index (χ1) is 10.1. The average molecular weight is 343 g/mol. The van der Waals surface area contributed by atoms with Crippen LogP contribution in [-0.2, 0) is 0 Å². The minimum absolute atomic E-state index is 0.183. The van der Waals surface area contributed by atoms with Crippen LogP contribution in [0.3, 0.4) is 0 Å². The van der Waals surface area contributed by atoms with Gasteiger partial charge in [0.05, 0.1) is 0 Å². The van der Waals surface area contributed by atoms with Gasteiger partial charge < -0.3 is 0 Å². The molecule has 0 fully saturated rings. The number of aryl methyl sites for hydroxylation is 1. The maximum Gasteiger partial charge on any atom is 0.194 e. The number of hydrogen-bond acceptors (Lipinski definition) is 1. The van der Waals surface area contributed by atoms with Gasteiger partial charge in [0, 0.05) is 15.6 Å². The molecule has 0 N–H and O–H groups in total. The van der Waals surface area contributed by atoms with Gasteiger partial charge in [0.1, 0.15) is 5.82 Å². The Morgan fingerprint density at radius 3 is 2.43 bits per heavy atom. The fraction of sp³-hybridized carbons (Fsp3) is 0.0556. The normalized spacial score (nSPS) is 10.8. The van der Waals surface area contributed by atoms with E-state index in [0.29, 0.717) is 15.6 Å². The summed E-state index contributed by atoms with van der Waals surface area (Å²) in [6.45, 7) is 2.01. The summed E-state index contributed by atoms with van der Waals surface area (Å²) in [5.74, 6) is -0.601. The fourth-order valence-corrected chi connectivity index (χ4v) is 2.89. The van der Waals surface area contributed by atoms with Gasteiger partial charge in [-0.05, 0) is 41.5 Å². The second kappa shape index (κ2) is 5.41. The van der Waals surface area contributed by atoms with E-state index in [2.05, 4.69) is 15.9 Å². The highest BCUT2D eigenvalue weighted by atomic mass is 79.9. The Balaban J connectivity index is 2.23. The zero-order chi connectivity index (χ0) is 15.0. The molecule has 1 nitrogen and oxygen atoms in total. The summed E-state index contributed by atoms with van der Waals surface area (Å²) in [6, 6.07) is 15.6. The largest absolute Gasteiger partial charge is 0.289 e. The van der Waals surface area contributed by atoms with Crippen molar-refractivity contribution in [1.29, 1.82) is 0 Å². The van der Waals surface area contributed by atoms with Crippen molar-refractivity contribution in [3.8, 4) is 0 Å². The molecule has 3 aromatic carbocycles. The molecular formula is C18H12BrFO. The molecule has 3 heteroatoms. The van der Waals surface area contributed by atoms with E-state index in [-0.39, 0.29) is 5.78 Å². The van der Waals surface area contributed by atoms with E-state index in [1.165, 1.54) is 12.1 Å². The third kappa shape index (κ3) is 2.49. The molecule has 0 amide bonds. The Bertz CT molecular complexity index is 855. The second-order valence-corrected chi connectivity index (χ2v) is 5.78. The summed E-state index contributed by atoms with van der Waals surface area (Å²) in [5.41, 5.74) is 2.03. The third-order valence-corrected chi connectivity index (χ3v) is 4.25. The maximum absolute atomic E-state index is 13.4. The molecule has 0 aromatic heterocycles. The lowest BCUT2D eigenvalue weighted by Crippen LogP contribution is -2.04. The van der Waals surface area contributed by atoms with E-state index in [1.807, 2.05) is 37.3 Å². The number of benzene rings is 3. The number of ketones is 1. The van der Waals surface area contributed by atoms with Crippen molar-refractivity contribution >= 4 is 32.5 Å². The predicted molar refractivity (Wildman–Crippen MR) is 86.2 cm³/mol. The molecule has 0 bridgehead atoms. The van der Waals surface area contributed by atoms with Crippen LogP contribution in [0.15, 0.2) is 59.1 Å². The highest BCUT2D eigenvalue weighted by Crippen LogP contribution is 2.27. The lowest BCUT2D eigenvalue weighted by molar-refractivity contribution is 0.103. The van der Waals surface area contributed by atoms with Crippen LogP contribution in [0.1, 0.15) is 21.5 Å². The number of hydrogen-bond donors (Lipinski definition) is 0. The Hall–Kier alpha value is -2.00. The molecule has 0 aliphatic carbocycles. The summed E-state index contributed by atoms with van der Waals surface area (Å²) in [5, 5.41) is 1.93. The van der Waals surface area contributed by atoms with Crippen molar-refractivity contribution in [2.24, 2.45) is 0 Å². The van der Waals surface area contributed by atoms with Gasteiger partial charge in [-0.2, -0.15) is 0 Å². The first kappa shape index (κ1) is 14.0. The minimum atomic E-state index is -0.419. The van der Waals surface area contributed by atoms with Gasteiger partial charge in [0.2, 0.25) is 0 Å². The number of rotatable bonds is 2. The average Bonchev–Trinajstić information content (AvgIpc) is 2.50. The van der Waals surface area contributed by atoms with E-state index in [9.17, 15) is 9.18 Å². The third-order valence-electron chi connectivity index (χ3n) is 3.56. The summed E-state index contributed by atoms with van der Waals surface area (Å²) in [6.07, 6.45) is 0. The highest BCUT2D eigenvalue weighted by molar-refractivity contribution is 9.10. The van der Waals surface area contributed by atoms with Gasteiger partial charge in [0.15, 0.2) is 5.78 Å². The number of carbonyl (C=O) groups is 1. The number of fused-ring (bicyclic) bond motifs is 1. The monoisotopic (exact) mass is 342 g/mol. The summed E-state index contributed by atoms with van der Waals surface area (Å²) >= 11 is 3.32. The molecule has 21 heavy (non-hydrogen) atoms. The van der Waals surface area contributed by atoms with Crippen LogP contribution in [0, 0.1) is 12.7 Å². The number of halogens is 2. The van der Waals surface area contributed by atoms with E-state index >= 15 is 0 Å². The van der Waals surface area contributed by atoms with Crippen molar-refractivity contribution in [3.63, 3.8) is 0 Å². The van der Waals surface area contributed by atoms with Crippen LogP contribution in [-0.4, -0.2) is 5.78 Å². The molecule has 0 saturated carbocycles. The molecule has 0 aliphatic heterocycles. The zero-order valence-corrected chi connectivity index (χ0v) is 12.9. The number of carbonyl (C=O) groups excluding carboxylic acids is 1. The quantitative estimate of drug-likeness (QED) is 0.579. The molecule has 0 radical (unpaired) electrons. The van der Waals surface area contributed by atoms with Gasteiger partial charge in [-0.3, -0.25) is 4.79 Å². The van der Waals surface area contributed by atoms with Gasteiger partial charge >= 0.3 is 0 Å². The molecule has 3 rings (SSSR count). The topological polar surface area (TPSA) is 17.1 Å². The minimum Gasteiger partial charge on any atom is -0.289 e. The highest BCUT2D eigenvalue weighted by Gasteiger charge is 2.16. The molecule has 0 aliphatic rings. The molecule has 3 aromatic rings.